The smallest absolute Gasteiger partial charge is 0.121 e. The fourth-order valence-electron chi connectivity index (χ4n) is 2.08. The van der Waals surface area contributed by atoms with Crippen LogP contribution in [0.5, 0.6) is 0 Å². The van der Waals surface area contributed by atoms with Crippen molar-refractivity contribution in [1.82, 2.24) is 4.98 Å². The van der Waals surface area contributed by atoms with Gasteiger partial charge in [0.05, 0.1) is 11.2 Å². The normalized spacial score (nSPS) is 12.5. The molecule has 0 saturated heterocycles. The topological polar surface area (TPSA) is 33.1 Å². The van der Waals surface area contributed by atoms with Gasteiger partial charge < -0.3 is 5.11 Å². The summed E-state index contributed by atoms with van der Waals surface area (Å²) < 4.78 is 0. The summed E-state index contributed by atoms with van der Waals surface area (Å²) in [6.07, 6.45) is -0.761. The second-order valence-electron chi connectivity index (χ2n) is 4.39. The molecule has 94 valence electrons. The third kappa shape index (κ3) is 2.46. The van der Waals surface area contributed by atoms with E-state index in [4.69, 9.17) is 11.6 Å². The Hall–Kier alpha value is -1.90. The number of aliphatic hydroxyl groups is 1. The zero-order chi connectivity index (χ0) is 13.2. The Bertz CT molecular complexity index is 727. The summed E-state index contributed by atoms with van der Waals surface area (Å²) in [6.45, 7) is 0. The standard InChI is InChI=1S/C16H12ClNO/c17-13-6-3-5-12(10-13)16(19)15-9-8-11-4-1-2-7-14(11)18-15/h1-10,16,19H/t16-/m1/s1. The van der Waals surface area contributed by atoms with Crippen LogP contribution >= 0.6 is 11.6 Å². The van der Waals surface area contributed by atoms with E-state index in [-0.39, 0.29) is 0 Å². The minimum atomic E-state index is -0.761. The van der Waals surface area contributed by atoms with E-state index in [9.17, 15) is 5.11 Å². The van der Waals surface area contributed by atoms with Crippen LogP contribution in [-0.2, 0) is 0 Å². The quantitative estimate of drug-likeness (QED) is 0.764. The Morgan fingerprint density at radius 2 is 1.79 bits per heavy atom. The van der Waals surface area contributed by atoms with E-state index in [1.165, 1.54) is 0 Å². The predicted octanol–water partition coefficient (Wildman–Crippen LogP) is 3.97. The summed E-state index contributed by atoms with van der Waals surface area (Å²) in [4.78, 5) is 4.49. The van der Waals surface area contributed by atoms with Crippen LogP contribution in [0.3, 0.4) is 0 Å². The van der Waals surface area contributed by atoms with Gasteiger partial charge in [0.2, 0.25) is 0 Å². The van der Waals surface area contributed by atoms with E-state index in [0.29, 0.717) is 10.7 Å². The summed E-state index contributed by atoms with van der Waals surface area (Å²) in [5.41, 5.74) is 2.25. The average Bonchev–Trinajstić information content (AvgIpc) is 2.46. The van der Waals surface area contributed by atoms with Crippen LogP contribution < -0.4 is 0 Å². The van der Waals surface area contributed by atoms with Gasteiger partial charge in [0.1, 0.15) is 6.10 Å². The van der Waals surface area contributed by atoms with Gasteiger partial charge in [0.25, 0.3) is 0 Å². The summed E-state index contributed by atoms with van der Waals surface area (Å²) >= 11 is 5.94. The second kappa shape index (κ2) is 5.00. The van der Waals surface area contributed by atoms with Gasteiger partial charge in [-0.25, -0.2) is 4.98 Å². The summed E-state index contributed by atoms with van der Waals surface area (Å²) in [7, 11) is 0. The lowest BCUT2D eigenvalue weighted by molar-refractivity contribution is 0.216. The monoisotopic (exact) mass is 269 g/mol. The van der Waals surface area contributed by atoms with Crippen LogP contribution in [-0.4, -0.2) is 10.1 Å². The molecule has 1 heterocycles. The predicted molar refractivity (Wildman–Crippen MR) is 77.3 cm³/mol. The van der Waals surface area contributed by atoms with Crippen LogP contribution in [0.15, 0.2) is 60.7 Å². The lowest BCUT2D eigenvalue weighted by Gasteiger charge is -2.11. The number of aromatic nitrogens is 1. The molecular formula is C16H12ClNO. The van der Waals surface area contributed by atoms with E-state index >= 15 is 0 Å². The van der Waals surface area contributed by atoms with E-state index in [2.05, 4.69) is 4.98 Å². The lowest BCUT2D eigenvalue weighted by atomic mass is 10.1. The Labute approximate surface area is 116 Å². The third-order valence-electron chi connectivity index (χ3n) is 3.06. The highest BCUT2D eigenvalue weighted by molar-refractivity contribution is 6.30. The molecule has 0 radical (unpaired) electrons. The minimum absolute atomic E-state index is 0.609. The van der Waals surface area contributed by atoms with Crippen LogP contribution in [0.4, 0.5) is 0 Å². The Morgan fingerprint density at radius 1 is 0.947 bits per heavy atom. The highest BCUT2D eigenvalue weighted by Gasteiger charge is 2.12. The Balaban J connectivity index is 2.04. The molecule has 19 heavy (non-hydrogen) atoms. The second-order valence-corrected chi connectivity index (χ2v) is 4.82. The first-order valence-corrected chi connectivity index (χ1v) is 6.41. The van der Waals surface area contributed by atoms with E-state index < -0.39 is 6.10 Å². The van der Waals surface area contributed by atoms with E-state index in [1.54, 1.807) is 12.1 Å². The van der Waals surface area contributed by atoms with Crippen molar-refractivity contribution in [3.05, 3.63) is 76.9 Å². The Morgan fingerprint density at radius 3 is 2.63 bits per heavy atom. The number of aliphatic hydroxyl groups excluding tert-OH is 1. The molecule has 0 aliphatic rings. The molecule has 1 N–H and O–H groups in total. The van der Waals surface area contributed by atoms with Crippen molar-refractivity contribution in [2.45, 2.75) is 6.10 Å². The molecule has 0 bridgehead atoms. The Kier molecular flexibility index (Phi) is 3.20. The van der Waals surface area contributed by atoms with E-state index in [1.807, 2.05) is 48.5 Å². The number of benzene rings is 2. The van der Waals surface area contributed by atoms with Crippen molar-refractivity contribution in [1.29, 1.82) is 0 Å². The first-order valence-electron chi connectivity index (χ1n) is 6.03. The van der Waals surface area contributed by atoms with Gasteiger partial charge >= 0.3 is 0 Å². The molecule has 0 amide bonds. The molecule has 2 aromatic carbocycles. The molecule has 0 aliphatic heterocycles. The van der Waals surface area contributed by atoms with Crippen molar-refractivity contribution in [3.8, 4) is 0 Å². The van der Waals surface area contributed by atoms with Gasteiger partial charge in [0.15, 0.2) is 0 Å². The largest absolute Gasteiger partial charge is 0.382 e. The molecule has 0 aliphatic carbocycles. The first kappa shape index (κ1) is 12.2. The molecule has 0 fully saturated rings. The zero-order valence-electron chi connectivity index (χ0n) is 10.1. The van der Waals surface area contributed by atoms with Gasteiger partial charge in [-0.15, -0.1) is 0 Å². The van der Waals surface area contributed by atoms with Crippen molar-refractivity contribution < 1.29 is 5.11 Å². The molecule has 3 rings (SSSR count). The molecule has 0 saturated carbocycles. The number of pyridine rings is 1. The summed E-state index contributed by atoms with van der Waals surface area (Å²) in [5.74, 6) is 0. The highest BCUT2D eigenvalue weighted by atomic mass is 35.5. The number of hydrogen-bond acceptors (Lipinski definition) is 2. The van der Waals surface area contributed by atoms with Crippen molar-refractivity contribution >= 4 is 22.5 Å². The van der Waals surface area contributed by atoms with Crippen molar-refractivity contribution in [3.63, 3.8) is 0 Å². The number of para-hydroxylation sites is 1. The van der Waals surface area contributed by atoms with Gasteiger partial charge in [-0.3, -0.25) is 0 Å². The lowest BCUT2D eigenvalue weighted by Crippen LogP contribution is -2.02. The zero-order valence-corrected chi connectivity index (χ0v) is 10.9. The van der Waals surface area contributed by atoms with Crippen LogP contribution in [0.1, 0.15) is 17.4 Å². The highest BCUT2D eigenvalue weighted by Crippen LogP contribution is 2.24. The van der Waals surface area contributed by atoms with Crippen LogP contribution in [0.25, 0.3) is 10.9 Å². The van der Waals surface area contributed by atoms with Gasteiger partial charge in [-0.05, 0) is 29.8 Å². The summed E-state index contributed by atoms with van der Waals surface area (Å²) in [6, 6.07) is 18.8. The fraction of sp³-hybridized carbons (Fsp3) is 0.0625. The minimum Gasteiger partial charge on any atom is -0.382 e. The molecule has 3 aromatic rings. The maximum absolute atomic E-state index is 10.4. The maximum atomic E-state index is 10.4. The first-order chi connectivity index (χ1) is 9.24. The van der Waals surface area contributed by atoms with Gasteiger partial charge in [-0.2, -0.15) is 0 Å². The molecule has 3 heteroatoms. The molecule has 1 aromatic heterocycles. The van der Waals surface area contributed by atoms with Crippen LogP contribution in [0, 0.1) is 0 Å². The van der Waals surface area contributed by atoms with E-state index in [0.717, 1.165) is 16.5 Å². The third-order valence-corrected chi connectivity index (χ3v) is 3.30. The average molecular weight is 270 g/mol. The fourth-order valence-corrected chi connectivity index (χ4v) is 2.28. The van der Waals surface area contributed by atoms with Crippen LogP contribution in [0.2, 0.25) is 5.02 Å². The number of halogens is 1. The van der Waals surface area contributed by atoms with Gasteiger partial charge in [-0.1, -0.05) is 48.0 Å². The molecule has 1 atom stereocenters. The number of rotatable bonds is 2. The molecule has 2 nitrogen and oxygen atoms in total. The number of hydrogen-bond donors (Lipinski definition) is 1. The molecule has 0 unspecified atom stereocenters. The molecular weight excluding hydrogens is 258 g/mol. The molecule has 0 spiro atoms. The number of fused-ring (bicyclic) bond motifs is 1. The van der Waals surface area contributed by atoms with Gasteiger partial charge in [0, 0.05) is 10.4 Å². The van der Waals surface area contributed by atoms with Crippen molar-refractivity contribution in [2.24, 2.45) is 0 Å². The summed E-state index contributed by atoms with van der Waals surface area (Å²) in [5, 5.41) is 12.0. The number of nitrogens with zero attached hydrogens (tertiary/aromatic N) is 1. The maximum Gasteiger partial charge on any atom is 0.121 e. The van der Waals surface area contributed by atoms with Crippen molar-refractivity contribution in [2.75, 3.05) is 0 Å². The SMILES string of the molecule is O[C@H](c1cccc(Cl)c1)c1ccc2ccccc2n1.